The van der Waals surface area contributed by atoms with E-state index in [1.54, 1.807) is 12.1 Å². The number of carbonyl (C=O) groups is 1. The number of halogens is 2. The molecule has 1 aromatic carbocycles. The third-order valence-electron chi connectivity index (χ3n) is 3.12. The molecule has 1 aliphatic rings. The van der Waals surface area contributed by atoms with Crippen LogP contribution >= 0.6 is 23.2 Å². The predicted molar refractivity (Wildman–Crippen MR) is 62.7 cm³/mol. The van der Waals surface area contributed by atoms with Crippen molar-refractivity contribution in [1.29, 1.82) is 0 Å². The Balaban J connectivity index is 2.44. The molecule has 0 radical (unpaired) electrons. The molecule has 0 aliphatic heterocycles. The van der Waals surface area contributed by atoms with Gasteiger partial charge in [0.25, 0.3) is 0 Å². The quantitative estimate of drug-likeness (QED) is 0.728. The SMILES string of the molecule is CC1(c2cc(Cl)ccc2Cl)CCC(=O)C1. The highest BCUT2D eigenvalue weighted by Gasteiger charge is 2.36. The summed E-state index contributed by atoms with van der Waals surface area (Å²) in [5.41, 5.74) is 0.876. The minimum absolute atomic E-state index is 0.126. The Morgan fingerprint density at radius 2 is 2.07 bits per heavy atom. The van der Waals surface area contributed by atoms with Gasteiger partial charge in [0.05, 0.1) is 0 Å². The molecule has 80 valence electrons. The van der Waals surface area contributed by atoms with Crippen LogP contribution in [0.3, 0.4) is 0 Å². The van der Waals surface area contributed by atoms with Gasteiger partial charge in [-0.05, 0) is 30.2 Å². The Kier molecular flexibility index (Phi) is 2.78. The number of benzene rings is 1. The summed E-state index contributed by atoms with van der Waals surface area (Å²) in [5, 5.41) is 1.38. The van der Waals surface area contributed by atoms with Gasteiger partial charge < -0.3 is 0 Å². The van der Waals surface area contributed by atoms with Crippen molar-refractivity contribution in [2.75, 3.05) is 0 Å². The first-order valence-electron chi connectivity index (χ1n) is 4.98. The van der Waals surface area contributed by atoms with Crippen molar-refractivity contribution in [2.24, 2.45) is 0 Å². The van der Waals surface area contributed by atoms with Crippen LogP contribution in [0.2, 0.25) is 10.0 Å². The molecule has 1 aromatic rings. The van der Waals surface area contributed by atoms with E-state index >= 15 is 0 Å². The molecule has 15 heavy (non-hydrogen) atoms. The van der Waals surface area contributed by atoms with Gasteiger partial charge in [0, 0.05) is 28.3 Å². The van der Waals surface area contributed by atoms with Crippen LogP contribution in [0, 0.1) is 0 Å². The zero-order valence-corrected chi connectivity index (χ0v) is 10.0. The second-order valence-corrected chi connectivity index (χ2v) is 5.24. The van der Waals surface area contributed by atoms with Crippen molar-refractivity contribution < 1.29 is 4.79 Å². The fraction of sp³-hybridized carbons (Fsp3) is 0.417. The molecule has 1 saturated carbocycles. The Hall–Kier alpha value is -0.530. The van der Waals surface area contributed by atoms with Crippen molar-refractivity contribution in [1.82, 2.24) is 0 Å². The molecular formula is C12H12Cl2O. The van der Waals surface area contributed by atoms with Crippen molar-refractivity contribution in [3.63, 3.8) is 0 Å². The first-order chi connectivity index (χ1) is 7.01. The maximum absolute atomic E-state index is 11.4. The molecule has 1 fully saturated rings. The summed E-state index contributed by atoms with van der Waals surface area (Å²) < 4.78 is 0. The Morgan fingerprint density at radius 1 is 1.33 bits per heavy atom. The topological polar surface area (TPSA) is 17.1 Å². The van der Waals surface area contributed by atoms with E-state index in [1.807, 2.05) is 6.07 Å². The number of carbonyl (C=O) groups excluding carboxylic acids is 1. The second kappa shape index (κ2) is 3.80. The average Bonchev–Trinajstić information content (AvgIpc) is 2.52. The molecule has 0 amide bonds. The van der Waals surface area contributed by atoms with Gasteiger partial charge in [0.2, 0.25) is 0 Å². The molecule has 1 unspecified atom stereocenters. The van der Waals surface area contributed by atoms with Gasteiger partial charge >= 0.3 is 0 Å². The largest absolute Gasteiger partial charge is 0.300 e. The zero-order valence-electron chi connectivity index (χ0n) is 8.52. The minimum atomic E-state index is -0.126. The Bertz CT molecular complexity index is 414. The van der Waals surface area contributed by atoms with E-state index in [0.29, 0.717) is 28.7 Å². The Morgan fingerprint density at radius 3 is 2.67 bits per heavy atom. The number of hydrogen-bond donors (Lipinski definition) is 0. The minimum Gasteiger partial charge on any atom is -0.300 e. The maximum Gasteiger partial charge on any atom is 0.133 e. The van der Waals surface area contributed by atoms with E-state index in [2.05, 4.69) is 6.92 Å². The number of rotatable bonds is 1. The molecular weight excluding hydrogens is 231 g/mol. The van der Waals surface area contributed by atoms with Crippen LogP contribution in [0.1, 0.15) is 31.7 Å². The first-order valence-corrected chi connectivity index (χ1v) is 5.74. The van der Waals surface area contributed by atoms with Crippen LogP contribution < -0.4 is 0 Å². The molecule has 2 rings (SSSR count). The third-order valence-corrected chi connectivity index (χ3v) is 3.69. The van der Waals surface area contributed by atoms with E-state index in [-0.39, 0.29) is 5.41 Å². The van der Waals surface area contributed by atoms with Gasteiger partial charge in [0.15, 0.2) is 0 Å². The van der Waals surface area contributed by atoms with Crippen LogP contribution in [0.5, 0.6) is 0 Å². The molecule has 0 saturated heterocycles. The highest BCUT2D eigenvalue weighted by Crippen LogP contribution is 2.42. The molecule has 0 bridgehead atoms. The van der Waals surface area contributed by atoms with Gasteiger partial charge in [-0.3, -0.25) is 4.79 Å². The van der Waals surface area contributed by atoms with Crippen LogP contribution in [0.4, 0.5) is 0 Å². The summed E-state index contributed by atoms with van der Waals surface area (Å²) in [6, 6.07) is 5.45. The predicted octanol–water partition coefficient (Wildman–Crippen LogP) is 4.00. The van der Waals surface area contributed by atoms with Crippen molar-refractivity contribution in [3.8, 4) is 0 Å². The zero-order chi connectivity index (χ0) is 11.1. The van der Waals surface area contributed by atoms with Crippen molar-refractivity contribution in [3.05, 3.63) is 33.8 Å². The summed E-state index contributed by atoms with van der Waals surface area (Å²) in [6.45, 7) is 2.08. The summed E-state index contributed by atoms with van der Waals surface area (Å²) in [5.74, 6) is 0.313. The van der Waals surface area contributed by atoms with E-state index in [1.165, 1.54) is 0 Å². The highest BCUT2D eigenvalue weighted by molar-refractivity contribution is 6.33. The lowest BCUT2D eigenvalue weighted by atomic mass is 9.81. The molecule has 1 atom stereocenters. The Labute approximate surface area is 99.4 Å². The van der Waals surface area contributed by atoms with Gasteiger partial charge in [-0.25, -0.2) is 0 Å². The van der Waals surface area contributed by atoms with E-state index < -0.39 is 0 Å². The smallest absolute Gasteiger partial charge is 0.133 e. The number of Topliss-reactive ketones (excluding diaryl/α,β-unsaturated/α-hetero) is 1. The summed E-state index contributed by atoms with van der Waals surface area (Å²) in [6.07, 6.45) is 2.10. The summed E-state index contributed by atoms with van der Waals surface area (Å²) in [4.78, 5) is 11.4. The van der Waals surface area contributed by atoms with Gasteiger partial charge in [-0.15, -0.1) is 0 Å². The van der Waals surface area contributed by atoms with E-state index in [9.17, 15) is 4.79 Å². The van der Waals surface area contributed by atoms with Crippen LogP contribution in [0.25, 0.3) is 0 Å². The van der Waals surface area contributed by atoms with Gasteiger partial charge in [0.1, 0.15) is 5.78 Å². The summed E-state index contributed by atoms with van der Waals surface area (Å²) >= 11 is 12.1. The van der Waals surface area contributed by atoms with E-state index in [0.717, 1.165) is 12.0 Å². The van der Waals surface area contributed by atoms with Crippen molar-refractivity contribution in [2.45, 2.75) is 31.6 Å². The first kappa shape index (κ1) is 11.0. The molecule has 0 aromatic heterocycles. The maximum atomic E-state index is 11.4. The fourth-order valence-electron chi connectivity index (χ4n) is 2.22. The van der Waals surface area contributed by atoms with Crippen molar-refractivity contribution >= 4 is 29.0 Å². The molecule has 0 spiro atoms. The summed E-state index contributed by atoms with van der Waals surface area (Å²) in [7, 11) is 0. The molecule has 0 heterocycles. The molecule has 1 aliphatic carbocycles. The average molecular weight is 243 g/mol. The van der Waals surface area contributed by atoms with E-state index in [4.69, 9.17) is 23.2 Å². The van der Waals surface area contributed by atoms with Crippen LogP contribution in [-0.4, -0.2) is 5.78 Å². The monoisotopic (exact) mass is 242 g/mol. The molecule has 3 heteroatoms. The third kappa shape index (κ3) is 2.04. The normalized spacial score (nSPS) is 25.9. The fourth-order valence-corrected chi connectivity index (χ4v) is 2.73. The van der Waals surface area contributed by atoms with Crippen LogP contribution in [-0.2, 0) is 10.2 Å². The standard InChI is InChI=1S/C12H12Cl2O/c1-12(5-4-9(15)7-12)10-6-8(13)2-3-11(10)14/h2-3,6H,4-5,7H2,1H3. The molecule has 0 N–H and O–H groups in total. The molecule has 1 nitrogen and oxygen atoms in total. The lowest BCUT2D eigenvalue weighted by Crippen LogP contribution is -2.18. The number of ketones is 1. The van der Waals surface area contributed by atoms with Gasteiger partial charge in [-0.2, -0.15) is 0 Å². The number of hydrogen-bond acceptors (Lipinski definition) is 1. The second-order valence-electron chi connectivity index (χ2n) is 4.40. The van der Waals surface area contributed by atoms with Crippen LogP contribution in [0.15, 0.2) is 18.2 Å². The lowest BCUT2D eigenvalue weighted by Gasteiger charge is -2.24. The highest BCUT2D eigenvalue weighted by atomic mass is 35.5. The van der Waals surface area contributed by atoms with Gasteiger partial charge in [-0.1, -0.05) is 30.1 Å². The lowest BCUT2D eigenvalue weighted by molar-refractivity contribution is -0.117.